The number of aromatic nitrogens is 3. The molecule has 1 aromatic carbocycles. The van der Waals surface area contributed by atoms with E-state index in [0.29, 0.717) is 5.92 Å². The predicted molar refractivity (Wildman–Crippen MR) is 86.5 cm³/mol. The highest BCUT2D eigenvalue weighted by molar-refractivity contribution is 9.09. The Morgan fingerprint density at radius 3 is 2.65 bits per heavy atom. The number of halogens is 2. The highest BCUT2D eigenvalue weighted by Crippen LogP contribution is 2.18. The SMILES string of the molecule is CCCn1ncnc1CC(CBr)Cc1ccc(Cl)cc1. The zero-order valence-electron chi connectivity index (χ0n) is 11.6. The molecule has 0 amide bonds. The molecule has 2 aromatic rings. The van der Waals surface area contributed by atoms with E-state index in [1.807, 2.05) is 16.8 Å². The molecule has 0 aliphatic rings. The van der Waals surface area contributed by atoms with Gasteiger partial charge in [-0.1, -0.05) is 46.6 Å². The molecule has 0 N–H and O–H groups in total. The highest BCUT2D eigenvalue weighted by Gasteiger charge is 2.13. The number of benzene rings is 1. The molecule has 1 atom stereocenters. The molecule has 0 radical (unpaired) electrons. The summed E-state index contributed by atoms with van der Waals surface area (Å²) in [6, 6.07) is 8.08. The second-order valence-electron chi connectivity index (χ2n) is 4.95. The van der Waals surface area contributed by atoms with Crippen molar-refractivity contribution in [2.24, 2.45) is 5.92 Å². The second kappa shape index (κ2) is 7.79. The lowest BCUT2D eigenvalue weighted by molar-refractivity contribution is 0.511. The Morgan fingerprint density at radius 2 is 2.00 bits per heavy atom. The summed E-state index contributed by atoms with van der Waals surface area (Å²) in [6.07, 6.45) is 4.68. The number of rotatable bonds is 7. The third kappa shape index (κ3) is 4.32. The molecule has 0 aliphatic carbocycles. The van der Waals surface area contributed by atoms with Gasteiger partial charge in [-0.05, 0) is 36.5 Å². The van der Waals surface area contributed by atoms with Crippen LogP contribution in [0.2, 0.25) is 5.02 Å². The summed E-state index contributed by atoms with van der Waals surface area (Å²) in [5.41, 5.74) is 1.31. The molecule has 0 bridgehead atoms. The minimum absolute atomic E-state index is 0.510. The third-order valence-corrected chi connectivity index (χ3v) is 4.43. The van der Waals surface area contributed by atoms with Crippen molar-refractivity contribution in [3.8, 4) is 0 Å². The van der Waals surface area contributed by atoms with E-state index in [-0.39, 0.29) is 0 Å². The van der Waals surface area contributed by atoms with Gasteiger partial charge in [0, 0.05) is 23.3 Å². The van der Waals surface area contributed by atoms with E-state index in [1.54, 1.807) is 6.33 Å². The van der Waals surface area contributed by atoms with Gasteiger partial charge < -0.3 is 0 Å². The predicted octanol–water partition coefficient (Wildman–Crippen LogP) is 4.14. The Balaban J connectivity index is 2.01. The van der Waals surface area contributed by atoms with Gasteiger partial charge in [0.1, 0.15) is 12.2 Å². The normalized spacial score (nSPS) is 12.6. The largest absolute Gasteiger partial charge is 0.250 e. The minimum atomic E-state index is 0.510. The van der Waals surface area contributed by atoms with E-state index in [9.17, 15) is 0 Å². The molecule has 0 aliphatic heterocycles. The summed E-state index contributed by atoms with van der Waals surface area (Å²) in [5.74, 6) is 1.58. The van der Waals surface area contributed by atoms with Gasteiger partial charge in [-0.25, -0.2) is 4.98 Å². The van der Waals surface area contributed by atoms with Gasteiger partial charge in [0.25, 0.3) is 0 Å². The fourth-order valence-electron chi connectivity index (χ4n) is 2.24. The van der Waals surface area contributed by atoms with Crippen LogP contribution < -0.4 is 0 Å². The molecule has 5 heteroatoms. The molecule has 1 unspecified atom stereocenters. The molecule has 0 saturated heterocycles. The van der Waals surface area contributed by atoms with E-state index < -0.39 is 0 Å². The van der Waals surface area contributed by atoms with E-state index in [2.05, 4.69) is 45.1 Å². The topological polar surface area (TPSA) is 30.7 Å². The van der Waals surface area contributed by atoms with Crippen LogP contribution >= 0.6 is 27.5 Å². The number of aryl methyl sites for hydroxylation is 1. The summed E-state index contributed by atoms with van der Waals surface area (Å²) in [5, 5.41) is 6.02. The Bertz CT molecular complexity index is 524. The Labute approximate surface area is 133 Å². The van der Waals surface area contributed by atoms with Gasteiger partial charge >= 0.3 is 0 Å². The second-order valence-corrected chi connectivity index (χ2v) is 6.04. The molecule has 108 valence electrons. The van der Waals surface area contributed by atoms with E-state index >= 15 is 0 Å². The first-order valence-corrected chi connectivity index (χ1v) is 8.40. The number of hydrogen-bond acceptors (Lipinski definition) is 2. The van der Waals surface area contributed by atoms with Gasteiger partial charge in [-0.2, -0.15) is 5.10 Å². The van der Waals surface area contributed by atoms with Gasteiger partial charge in [0.05, 0.1) is 0 Å². The van der Waals surface area contributed by atoms with Crippen molar-refractivity contribution in [3.05, 3.63) is 47.0 Å². The third-order valence-electron chi connectivity index (χ3n) is 3.26. The summed E-state index contributed by atoms with van der Waals surface area (Å²) in [7, 11) is 0. The molecule has 2 rings (SSSR count). The van der Waals surface area contributed by atoms with Crippen LogP contribution in [0.4, 0.5) is 0 Å². The van der Waals surface area contributed by atoms with E-state index in [4.69, 9.17) is 11.6 Å². The van der Waals surface area contributed by atoms with Crippen LogP contribution in [-0.2, 0) is 19.4 Å². The van der Waals surface area contributed by atoms with Crippen LogP contribution in [0.15, 0.2) is 30.6 Å². The Morgan fingerprint density at radius 1 is 1.25 bits per heavy atom. The van der Waals surface area contributed by atoms with Gasteiger partial charge in [-0.3, -0.25) is 4.68 Å². The quantitative estimate of drug-likeness (QED) is 0.698. The van der Waals surface area contributed by atoms with Crippen LogP contribution in [0.3, 0.4) is 0 Å². The average Bonchev–Trinajstić information content (AvgIpc) is 2.88. The number of hydrogen-bond donors (Lipinski definition) is 0. The van der Waals surface area contributed by atoms with Crippen LogP contribution in [0.5, 0.6) is 0 Å². The smallest absolute Gasteiger partial charge is 0.138 e. The number of alkyl halides is 1. The summed E-state index contributed by atoms with van der Waals surface area (Å²) in [4.78, 5) is 4.39. The zero-order chi connectivity index (χ0) is 14.4. The zero-order valence-corrected chi connectivity index (χ0v) is 13.9. The van der Waals surface area contributed by atoms with Gasteiger partial charge in [-0.15, -0.1) is 0 Å². The summed E-state index contributed by atoms with van der Waals surface area (Å²) >= 11 is 9.54. The van der Waals surface area contributed by atoms with Crippen LogP contribution in [0.1, 0.15) is 24.7 Å². The van der Waals surface area contributed by atoms with Crippen molar-refractivity contribution >= 4 is 27.5 Å². The lowest BCUT2D eigenvalue weighted by Crippen LogP contribution is -2.15. The molecular formula is C15H19BrClN3. The first kappa shape index (κ1) is 15.5. The lowest BCUT2D eigenvalue weighted by Gasteiger charge is -2.14. The first-order chi connectivity index (χ1) is 9.72. The summed E-state index contributed by atoms with van der Waals surface area (Å²) in [6.45, 7) is 3.09. The molecule has 20 heavy (non-hydrogen) atoms. The maximum atomic E-state index is 5.92. The monoisotopic (exact) mass is 355 g/mol. The maximum Gasteiger partial charge on any atom is 0.138 e. The average molecular weight is 357 g/mol. The van der Waals surface area contributed by atoms with Crippen LogP contribution in [0.25, 0.3) is 0 Å². The molecule has 0 fully saturated rings. The fraction of sp³-hybridized carbons (Fsp3) is 0.467. The molecule has 1 aromatic heterocycles. The van der Waals surface area contributed by atoms with Crippen LogP contribution in [0, 0.1) is 5.92 Å². The number of nitrogens with zero attached hydrogens (tertiary/aromatic N) is 3. The Hall–Kier alpha value is -0.870. The highest BCUT2D eigenvalue weighted by atomic mass is 79.9. The standard InChI is InChI=1S/C15H19BrClN3/c1-2-7-20-15(18-11-19-20)9-13(10-16)8-12-3-5-14(17)6-4-12/h3-6,11,13H,2,7-10H2,1H3. The maximum absolute atomic E-state index is 5.92. The van der Waals surface area contributed by atoms with Crippen molar-refractivity contribution in [1.29, 1.82) is 0 Å². The lowest BCUT2D eigenvalue weighted by atomic mass is 9.98. The van der Waals surface area contributed by atoms with Crippen molar-refractivity contribution in [1.82, 2.24) is 14.8 Å². The van der Waals surface area contributed by atoms with E-state index in [1.165, 1.54) is 5.56 Å². The van der Waals surface area contributed by atoms with Crippen LogP contribution in [-0.4, -0.2) is 20.1 Å². The van der Waals surface area contributed by atoms with Gasteiger partial charge in [0.2, 0.25) is 0 Å². The Kier molecular flexibility index (Phi) is 6.05. The molecule has 1 heterocycles. The van der Waals surface area contributed by atoms with Crippen molar-refractivity contribution in [2.45, 2.75) is 32.7 Å². The van der Waals surface area contributed by atoms with E-state index in [0.717, 1.165) is 42.0 Å². The minimum Gasteiger partial charge on any atom is -0.250 e. The van der Waals surface area contributed by atoms with Crippen molar-refractivity contribution < 1.29 is 0 Å². The molecule has 0 saturated carbocycles. The molecule has 0 spiro atoms. The molecule has 3 nitrogen and oxygen atoms in total. The fourth-order valence-corrected chi connectivity index (χ4v) is 2.82. The first-order valence-electron chi connectivity index (χ1n) is 6.90. The molecular weight excluding hydrogens is 338 g/mol. The summed E-state index contributed by atoms with van der Waals surface area (Å²) < 4.78 is 2.01. The van der Waals surface area contributed by atoms with Crippen molar-refractivity contribution in [3.63, 3.8) is 0 Å². The van der Waals surface area contributed by atoms with Gasteiger partial charge in [0.15, 0.2) is 0 Å². The van der Waals surface area contributed by atoms with Crippen molar-refractivity contribution in [2.75, 3.05) is 5.33 Å².